The summed E-state index contributed by atoms with van der Waals surface area (Å²) in [6.07, 6.45) is 3.99. The van der Waals surface area contributed by atoms with Crippen LogP contribution in [0.2, 0.25) is 0 Å². The summed E-state index contributed by atoms with van der Waals surface area (Å²) >= 11 is 2.28. The standard InChI is InChI=1S/C12H17IN2/c1-2-12(5-6-12)8-15-11-4-3-9(13)7-10(11)14/h3-4,7,15H,2,5-6,8,14H2,1H3. The first-order valence-electron chi connectivity index (χ1n) is 5.44. The zero-order chi connectivity index (χ0) is 10.9. The average molecular weight is 316 g/mol. The molecule has 0 heterocycles. The van der Waals surface area contributed by atoms with Gasteiger partial charge in [0.05, 0.1) is 11.4 Å². The van der Waals surface area contributed by atoms with Crippen LogP contribution in [0.1, 0.15) is 26.2 Å². The van der Waals surface area contributed by atoms with Gasteiger partial charge in [-0.1, -0.05) is 6.92 Å². The van der Waals surface area contributed by atoms with Crippen LogP contribution in [0.5, 0.6) is 0 Å². The van der Waals surface area contributed by atoms with Gasteiger partial charge < -0.3 is 11.1 Å². The monoisotopic (exact) mass is 316 g/mol. The second kappa shape index (κ2) is 4.20. The van der Waals surface area contributed by atoms with E-state index >= 15 is 0 Å². The Morgan fingerprint density at radius 3 is 2.73 bits per heavy atom. The Hall–Kier alpha value is -0.450. The Kier molecular flexibility index (Phi) is 3.09. The van der Waals surface area contributed by atoms with Gasteiger partial charge in [-0.05, 0) is 65.5 Å². The van der Waals surface area contributed by atoms with Gasteiger partial charge in [-0.3, -0.25) is 0 Å². The molecule has 1 aromatic rings. The quantitative estimate of drug-likeness (QED) is 0.659. The molecule has 0 spiro atoms. The molecule has 3 N–H and O–H groups in total. The second-order valence-electron chi connectivity index (χ2n) is 4.44. The molecule has 1 aliphatic rings. The van der Waals surface area contributed by atoms with E-state index in [1.54, 1.807) is 0 Å². The summed E-state index contributed by atoms with van der Waals surface area (Å²) < 4.78 is 1.19. The van der Waals surface area contributed by atoms with E-state index in [9.17, 15) is 0 Å². The van der Waals surface area contributed by atoms with E-state index in [2.05, 4.69) is 47.0 Å². The molecule has 0 radical (unpaired) electrons. The van der Waals surface area contributed by atoms with Crippen LogP contribution in [0, 0.1) is 8.99 Å². The Morgan fingerprint density at radius 2 is 2.20 bits per heavy atom. The van der Waals surface area contributed by atoms with Crippen LogP contribution in [-0.4, -0.2) is 6.54 Å². The minimum Gasteiger partial charge on any atom is -0.397 e. The number of benzene rings is 1. The van der Waals surface area contributed by atoms with Crippen molar-refractivity contribution in [1.82, 2.24) is 0 Å². The number of halogens is 1. The molecule has 2 rings (SSSR count). The summed E-state index contributed by atoms with van der Waals surface area (Å²) in [5.41, 5.74) is 8.44. The number of nitrogen functional groups attached to an aromatic ring is 1. The van der Waals surface area contributed by atoms with Crippen molar-refractivity contribution in [2.45, 2.75) is 26.2 Å². The van der Waals surface area contributed by atoms with Gasteiger partial charge in [0.15, 0.2) is 0 Å². The SMILES string of the molecule is CCC1(CNc2ccc(I)cc2N)CC1. The van der Waals surface area contributed by atoms with Crippen LogP contribution in [0.25, 0.3) is 0 Å². The van der Waals surface area contributed by atoms with Crippen LogP contribution in [-0.2, 0) is 0 Å². The lowest BCUT2D eigenvalue weighted by Crippen LogP contribution is -2.15. The van der Waals surface area contributed by atoms with E-state index in [1.165, 1.54) is 22.8 Å². The van der Waals surface area contributed by atoms with Gasteiger partial charge in [0.25, 0.3) is 0 Å². The predicted octanol–water partition coefficient (Wildman–Crippen LogP) is 3.48. The van der Waals surface area contributed by atoms with Crippen molar-refractivity contribution in [2.75, 3.05) is 17.6 Å². The van der Waals surface area contributed by atoms with Gasteiger partial charge in [-0.25, -0.2) is 0 Å². The summed E-state index contributed by atoms with van der Waals surface area (Å²) in [5.74, 6) is 0. The fraction of sp³-hybridized carbons (Fsp3) is 0.500. The van der Waals surface area contributed by atoms with E-state index in [0.29, 0.717) is 5.41 Å². The number of anilines is 2. The first-order valence-corrected chi connectivity index (χ1v) is 6.52. The van der Waals surface area contributed by atoms with E-state index in [0.717, 1.165) is 17.9 Å². The molecule has 0 saturated heterocycles. The number of hydrogen-bond acceptors (Lipinski definition) is 2. The second-order valence-corrected chi connectivity index (χ2v) is 5.68. The first kappa shape index (κ1) is 11.0. The van der Waals surface area contributed by atoms with E-state index in [4.69, 9.17) is 5.73 Å². The van der Waals surface area contributed by atoms with Gasteiger partial charge in [0, 0.05) is 10.1 Å². The smallest absolute Gasteiger partial charge is 0.0574 e. The van der Waals surface area contributed by atoms with Crippen LogP contribution < -0.4 is 11.1 Å². The lowest BCUT2D eigenvalue weighted by Gasteiger charge is -2.15. The molecule has 15 heavy (non-hydrogen) atoms. The highest BCUT2D eigenvalue weighted by Crippen LogP contribution is 2.48. The maximum Gasteiger partial charge on any atom is 0.0574 e. The highest BCUT2D eigenvalue weighted by atomic mass is 127. The van der Waals surface area contributed by atoms with Gasteiger partial charge in [-0.15, -0.1) is 0 Å². The van der Waals surface area contributed by atoms with Crippen molar-refractivity contribution in [2.24, 2.45) is 5.41 Å². The fourth-order valence-electron chi connectivity index (χ4n) is 1.81. The molecule has 1 fully saturated rings. The average Bonchev–Trinajstić information content (AvgIpc) is 2.97. The van der Waals surface area contributed by atoms with Crippen LogP contribution >= 0.6 is 22.6 Å². The molecule has 82 valence electrons. The highest BCUT2D eigenvalue weighted by Gasteiger charge is 2.40. The zero-order valence-electron chi connectivity index (χ0n) is 9.02. The largest absolute Gasteiger partial charge is 0.397 e. The number of rotatable bonds is 4. The molecule has 0 atom stereocenters. The molecule has 3 heteroatoms. The van der Waals surface area contributed by atoms with Crippen LogP contribution in [0.3, 0.4) is 0 Å². The Bertz CT molecular complexity index is 359. The van der Waals surface area contributed by atoms with Crippen molar-refractivity contribution >= 4 is 34.0 Å². The maximum absolute atomic E-state index is 5.95. The number of nitrogens with one attached hydrogen (secondary N) is 1. The molecule has 0 unspecified atom stereocenters. The molecule has 0 aliphatic heterocycles. The van der Waals surface area contributed by atoms with Crippen molar-refractivity contribution < 1.29 is 0 Å². The van der Waals surface area contributed by atoms with Crippen molar-refractivity contribution in [3.8, 4) is 0 Å². The Morgan fingerprint density at radius 1 is 1.47 bits per heavy atom. The maximum atomic E-state index is 5.95. The third-order valence-electron chi connectivity index (χ3n) is 3.37. The number of nitrogens with two attached hydrogens (primary N) is 1. The first-order chi connectivity index (χ1) is 7.15. The fourth-order valence-corrected chi connectivity index (χ4v) is 2.32. The van der Waals surface area contributed by atoms with Gasteiger partial charge >= 0.3 is 0 Å². The lowest BCUT2D eigenvalue weighted by atomic mass is 10.0. The molecule has 0 bridgehead atoms. The minimum absolute atomic E-state index is 0.565. The third-order valence-corrected chi connectivity index (χ3v) is 4.05. The Balaban J connectivity index is 1.99. The van der Waals surface area contributed by atoms with Crippen LogP contribution in [0.15, 0.2) is 18.2 Å². The molecule has 1 saturated carbocycles. The summed E-state index contributed by atoms with van der Waals surface area (Å²) in [5, 5.41) is 3.47. The predicted molar refractivity (Wildman–Crippen MR) is 74.0 cm³/mol. The van der Waals surface area contributed by atoms with Crippen molar-refractivity contribution in [1.29, 1.82) is 0 Å². The molecular formula is C12H17IN2. The zero-order valence-corrected chi connectivity index (χ0v) is 11.2. The van der Waals surface area contributed by atoms with Crippen LogP contribution in [0.4, 0.5) is 11.4 Å². The van der Waals surface area contributed by atoms with Crippen molar-refractivity contribution in [3.63, 3.8) is 0 Å². The summed E-state index contributed by atoms with van der Waals surface area (Å²) in [4.78, 5) is 0. The van der Waals surface area contributed by atoms with Gasteiger partial charge in [0.2, 0.25) is 0 Å². The lowest BCUT2D eigenvalue weighted by molar-refractivity contribution is 0.521. The van der Waals surface area contributed by atoms with Gasteiger partial charge in [0.1, 0.15) is 0 Å². The molecule has 1 aromatic carbocycles. The van der Waals surface area contributed by atoms with E-state index in [-0.39, 0.29) is 0 Å². The summed E-state index contributed by atoms with van der Waals surface area (Å²) in [6, 6.07) is 6.17. The summed E-state index contributed by atoms with van der Waals surface area (Å²) in [7, 11) is 0. The van der Waals surface area contributed by atoms with E-state index < -0.39 is 0 Å². The molecule has 1 aliphatic carbocycles. The normalized spacial score (nSPS) is 17.5. The molecular weight excluding hydrogens is 299 g/mol. The van der Waals surface area contributed by atoms with Gasteiger partial charge in [-0.2, -0.15) is 0 Å². The minimum atomic E-state index is 0.565. The Labute approximate surface area is 105 Å². The highest BCUT2D eigenvalue weighted by molar-refractivity contribution is 14.1. The molecule has 2 nitrogen and oxygen atoms in total. The third kappa shape index (κ3) is 2.56. The molecule has 0 aromatic heterocycles. The topological polar surface area (TPSA) is 38.0 Å². The number of hydrogen-bond donors (Lipinski definition) is 2. The summed E-state index contributed by atoms with van der Waals surface area (Å²) in [6.45, 7) is 3.33. The van der Waals surface area contributed by atoms with Crippen molar-refractivity contribution in [3.05, 3.63) is 21.8 Å². The molecule has 0 amide bonds. The van der Waals surface area contributed by atoms with E-state index in [1.807, 2.05) is 6.07 Å².